The highest BCUT2D eigenvalue weighted by Crippen LogP contribution is 2.63. The first-order valence-corrected chi connectivity index (χ1v) is 8.55. The molecule has 0 aromatic heterocycles. The molecule has 1 aromatic carbocycles. The molecule has 2 aliphatic carbocycles. The van der Waals surface area contributed by atoms with Gasteiger partial charge in [-0.15, -0.1) is 0 Å². The Morgan fingerprint density at radius 3 is 2.75 bits per heavy atom. The molecule has 0 saturated heterocycles. The second-order valence-electron chi connectivity index (χ2n) is 6.25. The minimum absolute atomic E-state index is 0.0914. The zero-order chi connectivity index (χ0) is 17.6. The summed E-state index contributed by atoms with van der Waals surface area (Å²) in [6.07, 6.45) is -1.00. The lowest BCUT2D eigenvalue weighted by Gasteiger charge is -2.31. The molecule has 5 nitrogen and oxygen atoms in total. The van der Waals surface area contributed by atoms with E-state index in [9.17, 15) is 19.2 Å². The van der Waals surface area contributed by atoms with Gasteiger partial charge in [-0.1, -0.05) is 34.1 Å². The SMILES string of the molecule is CCOC(=O)C(=NO)C1CC2(c3ccc(Br)cc3C1=O)C(C)C2F. The molecule has 24 heavy (non-hydrogen) atoms. The fraction of sp³-hybridized carbons (Fsp3) is 0.471. The van der Waals surface area contributed by atoms with Crippen LogP contribution in [0.3, 0.4) is 0 Å². The molecular weight excluding hydrogens is 381 g/mol. The molecule has 1 fully saturated rings. The molecule has 0 heterocycles. The Morgan fingerprint density at radius 1 is 1.54 bits per heavy atom. The van der Waals surface area contributed by atoms with Crippen LogP contribution in [0.25, 0.3) is 0 Å². The lowest BCUT2D eigenvalue weighted by atomic mass is 9.71. The minimum Gasteiger partial charge on any atom is -0.461 e. The Hall–Kier alpha value is -1.76. The highest BCUT2D eigenvalue weighted by Gasteiger charge is 2.68. The highest BCUT2D eigenvalue weighted by atomic mass is 79.9. The van der Waals surface area contributed by atoms with Gasteiger partial charge in [0.25, 0.3) is 0 Å². The first-order chi connectivity index (χ1) is 11.4. The summed E-state index contributed by atoms with van der Waals surface area (Å²) in [5.74, 6) is -2.49. The third-order valence-electron chi connectivity index (χ3n) is 5.16. The second-order valence-corrected chi connectivity index (χ2v) is 7.16. The van der Waals surface area contributed by atoms with Gasteiger partial charge < -0.3 is 9.94 Å². The number of nitrogens with zero attached hydrogens (tertiary/aromatic N) is 1. The number of hydrogen-bond acceptors (Lipinski definition) is 5. The summed E-state index contributed by atoms with van der Waals surface area (Å²) >= 11 is 3.32. The molecule has 1 aromatic rings. The molecule has 1 N–H and O–H groups in total. The number of ketones is 1. The van der Waals surface area contributed by atoms with E-state index in [4.69, 9.17) is 4.74 Å². The van der Waals surface area contributed by atoms with Crippen LogP contribution < -0.4 is 0 Å². The van der Waals surface area contributed by atoms with Crippen molar-refractivity contribution in [1.29, 1.82) is 0 Å². The summed E-state index contributed by atoms with van der Waals surface area (Å²) in [6, 6.07) is 5.16. The van der Waals surface area contributed by atoms with Gasteiger partial charge in [0, 0.05) is 21.4 Å². The number of oxime groups is 1. The molecule has 0 bridgehead atoms. The number of benzene rings is 1. The summed E-state index contributed by atoms with van der Waals surface area (Å²) in [4.78, 5) is 24.9. The Bertz CT molecular complexity index is 740. The Labute approximate surface area is 147 Å². The number of halogens is 2. The number of esters is 1. The molecule has 4 unspecified atom stereocenters. The van der Waals surface area contributed by atoms with Crippen molar-refractivity contribution in [3.63, 3.8) is 0 Å². The van der Waals surface area contributed by atoms with E-state index in [1.54, 1.807) is 32.0 Å². The van der Waals surface area contributed by atoms with Crippen molar-refractivity contribution >= 4 is 33.4 Å². The molecule has 0 radical (unpaired) electrons. The first-order valence-electron chi connectivity index (χ1n) is 7.75. The van der Waals surface area contributed by atoms with Crippen molar-refractivity contribution in [2.45, 2.75) is 31.9 Å². The molecule has 7 heteroatoms. The van der Waals surface area contributed by atoms with Gasteiger partial charge in [-0.25, -0.2) is 9.18 Å². The standard InChI is InChI=1S/C17H17BrFNO4/c1-3-24-16(22)13(20-23)11-7-17(8(2)15(17)19)12-5-4-9(18)6-10(12)14(11)21/h4-6,8,11,15,23H,3,7H2,1-2H3. The van der Waals surface area contributed by atoms with Gasteiger partial charge in [-0.05, 0) is 31.0 Å². The zero-order valence-corrected chi connectivity index (χ0v) is 14.8. The maximum atomic E-state index is 14.5. The van der Waals surface area contributed by atoms with Gasteiger partial charge in [-0.3, -0.25) is 4.79 Å². The first kappa shape index (κ1) is 17.1. The largest absolute Gasteiger partial charge is 0.461 e. The third kappa shape index (κ3) is 2.29. The number of hydrogen-bond donors (Lipinski definition) is 1. The van der Waals surface area contributed by atoms with E-state index in [-0.39, 0.29) is 30.4 Å². The quantitative estimate of drug-likeness (QED) is 0.367. The van der Waals surface area contributed by atoms with Crippen LogP contribution in [0.15, 0.2) is 27.8 Å². The zero-order valence-electron chi connectivity index (χ0n) is 13.3. The summed E-state index contributed by atoms with van der Waals surface area (Å²) in [5, 5.41) is 12.3. The molecule has 0 aliphatic heterocycles. The van der Waals surface area contributed by atoms with E-state index >= 15 is 0 Å². The molecular formula is C17H17BrFNO4. The molecule has 3 rings (SSSR count). The van der Waals surface area contributed by atoms with Crippen molar-refractivity contribution < 1.29 is 23.9 Å². The molecule has 2 aliphatic rings. The summed E-state index contributed by atoms with van der Waals surface area (Å²) in [6.45, 7) is 3.49. The Balaban J connectivity index is 2.09. The van der Waals surface area contributed by atoms with Crippen molar-refractivity contribution in [3.8, 4) is 0 Å². The average molecular weight is 398 g/mol. The normalized spacial score (nSPS) is 31.8. The van der Waals surface area contributed by atoms with Gasteiger partial charge in [0.15, 0.2) is 11.5 Å². The Kier molecular flexibility index (Phi) is 4.23. The van der Waals surface area contributed by atoms with E-state index in [1.807, 2.05) is 0 Å². The number of Topliss-reactive ketones (excluding diaryl/α,β-unsaturated/α-hetero) is 1. The number of rotatable bonds is 3. The molecule has 1 spiro atoms. The van der Waals surface area contributed by atoms with Crippen LogP contribution in [-0.2, 0) is 14.9 Å². The lowest BCUT2D eigenvalue weighted by molar-refractivity contribution is -0.135. The van der Waals surface area contributed by atoms with Gasteiger partial charge in [0.1, 0.15) is 6.17 Å². The third-order valence-corrected chi connectivity index (χ3v) is 5.66. The predicted octanol–water partition coefficient (Wildman–Crippen LogP) is 3.27. The molecule has 1 saturated carbocycles. The van der Waals surface area contributed by atoms with Crippen molar-refractivity contribution in [1.82, 2.24) is 0 Å². The molecule has 128 valence electrons. The average Bonchev–Trinajstić information content (AvgIpc) is 3.06. The monoisotopic (exact) mass is 397 g/mol. The van der Waals surface area contributed by atoms with E-state index in [0.29, 0.717) is 15.6 Å². The van der Waals surface area contributed by atoms with Crippen molar-refractivity contribution in [2.75, 3.05) is 6.61 Å². The van der Waals surface area contributed by atoms with Crippen LogP contribution >= 0.6 is 15.9 Å². The fourth-order valence-corrected chi connectivity index (χ4v) is 4.16. The Morgan fingerprint density at radius 2 is 2.21 bits per heavy atom. The topological polar surface area (TPSA) is 76.0 Å². The van der Waals surface area contributed by atoms with E-state index in [1.165, 1.54) is 0 Å². The van der Waals surface area contributed by atoms with Crippen LogP contribution in [0.4, 0.5) is 4.39 Å². The maximum Gasteiger partial charge on any atom is 0.356 e. The van der Waals surface area contributed by atoms with Crippen LogP contribution in [0.5, 0.6) is 0 Å². The fourth-order valence-electron chi connectivity index (χ4n) is 3.80. The van der Waals surface area contributed by atoms with Crippen molar-refractivity contribution in [2.24, 2.45) is 17.0 Å². The molecule has 0 amide bonds. The number of fused-ring (bicyclic) bond motifs is 2. The van der Waals surface area contributed by atoms with E-state index in [2.05, 4.69) is 21.1 Å². The number of carbonyl (C=O) groups excluding carboxylic acids is 2. The van der Waals surface area contributed by atoms with Crippen LogP contribution in [0.2, 0.25) is 0 Å². The van der Waals surface area contributed by atoms with Crippen LogP contribution in [-0.4, -0.2) is 35.5 Å². The highest BCUT2D eigenvalue weighted by molar-refractivity contribution is 9.10. The van der Waals surface area contributed by atoms with Crippen LogP contribution in [0.1, 0.15) is 36.2 Å². The van der Waals surface area contributed by atoms with Gasteiger partial charge >= 0.3 is 5.97 Å². The summed E-state index contributed by atoms with van der Waals surface area (Å²) < 4.78 is 20.1. The minimum atomic E-state index is -1.10. The van der Waals surface area contributed by atoms with Crippen molar-refractivity contribution in [3.05, 3.63) is 33.8 Å². The summed E-state index contributed by atoms with van der Waals surface area (Å²) in [7, 11) is 0. The maximum absolute atomic E-state index is 14.5. The van der Waals surface area contributed by atoms with Gasteiger partial charge in [-0.2, -0.15) is 0 Å². The second kappa shape index (κ2) is 5.95. The van der Waals surface area contributed by atoms with Gasteiger partial charge in [0.05, 0.1) is 12.5 Å². The lowest BCUT2D eigenvalue weighted by Crippen LogP contribution is -2.40. The summed E-state index contributed by atoms with van der Waals surface area (Å²) in [5.41, 5.74) is -0.166. The smallest absolute Gasteiger partial charge is 0.356 e. The number of alkyl halides is 1. The van der Waals surface area contributed by atoms with E-state index in [0.717, 1.165) is 0 Å². The molecule has 4 atom stereocenters. The number of carbonyl (C=O) groups is 2. The van der Waals surface area contributed by atoms with E-state index < -0.39 is 23.5 Å². The number of ether oxygens (including phenoxy) is 1. The van der Waals surface area contributed by atoms with Gasteiger partial charge in [0.2, 0.25) is 0 Å². The van der Waals surface area contributed by atoms with Crippen LogP contribution in [0, 0.1) is 11.8 Å². The predicted molar refractivity (Wildman–Crippen MR) is 88.2 cm³/mol.